The summed E-state index contributed by atoms with van der Waals surface area (Å²) in [5, 5.41) is 9.57. The van der Waals surface area contributed by atoms with E-state index in [4.69, 9.17) is 11.0 Å². The molecule has 0 bridgehead atoms. The lowest BCUT2D eigenvalue weighted by atomic mass is 10.1. The van der Waals surface area contributed by atoms with Gasteiger partial charge in [0.05, 0.1) is 11.6 Å². The number of anilines is 1. The van der Waals surface area contributed by atoms with Gasteiger partial charge >= 0.3 is 0 Å². The van der Waals surface area contributed by atoms with E-state index in [1.165, 1.54) is 0 Å². The van der Waals surface area contributed by atoms with Crippen molar-refractivity contribution in [3.05, 3.63) is 35.4 Å². The zero-order valence-corrected chi connectivity index (χ0v) is 8.58. The van der Waals surface area contributed by atoms with E-state index < -0.39 is 0 Å². The van der Waals surface area contributed by atoms with Crippen LogP contribution < -0.4 is 5.73 Å². The monoisotopic (exact) mass is 236 g/mol. The predicted molar refractivity (Wildman–Crippen MR) is 58.4 cm³/mol. The quantitative estimate of drug-likeness (QED) is 0.634. The Morgan fingerprint density at radius 3 is 2.92 bits per heavy atom. The molecule has 66 valence electrons. The number of nitrogen functional groups attached to an aromatic ring is 1. The van der Waals surface area contributed by atoms with Gasteiger partial charge in [0.25, 0.3) is 0 Å². The van der Waals surface area contributed by atoms with Crippen LogP contribution in [0.1, 0.15) is 11.1 Å². The number of hydrogen-bond donors (Lipinski definition) is 1. The second-order valence-corrected chi connectivity index (χ2v) is 3.16. The third-order valence-electron chi connectivity index (χ3n) is 1.58. The molecule has 13 heavy (non-hydrogen) atoms. The van der Waals surface area contributed by atoms with Crippen LogP contribution in [0.5, 0.6) is 0 Å². The number of rotatable bonds is 2. The van der Waals surface area contributed by atoms with Gasteiger partial charge in [0.15, 0.2) is 0 Å². The molecule has 0 unspecified atom stereocenters. The molecule has 2 nitrogen and oxygen atoms in total. The normalized spacial score (nSPS) is 10.2. The first-order valence-electron chi connectivity index (χ1n) is 3.80. The van der Waals surface area contributed by atoms with Gasteiger partial charge in [-0.25, -0.2) is 0 Å². The Morgan fingerprint density at radius 1 is 1.54 bits per heavy atom. The second kappa shape index (κ2) is 4.68. The molecule has 2 N–H and O–H groups in total. The summed E-state index contributed by atoms with van der Waals surface area (Å²) in [6, 6.07) is 7.40. The van der Waals surface area contributed by atoms with E-state index in [0.717, 1.165) is 10.9 Å². The lowest BCUT2D eigenvalue weighted by Crippen LogP contribution is -1.88. The zero-order valence-electron chi connectivity index (χ0n) is 7.00. The average Bonchev–Trinajstić information content (AvgIpc) is 2.16. The van der Waals surface area contributed by atoms with Crippen molar-refractivity contribution in [2.45, 2.75) is 0 Å². The highest BCUT2D eigenvalue weighted by atomic mass is 79.9. The molecule has 0 aliphatic rings. The van der Waals surface area contributed by atoms with Crippen LogP contribution in [-0.4, -0.2) is 5.33 Å². The number of nitrogens with two attached hydrogens (primary N) is 1. The number of alkyl halides is 1. The van der Waals surface area contributed by atoms with Gasteiger partial charge in [-0.05, 0) is 17.7 Å². The van der Waals surface area contributed by atoms with Crippen LogP contribution in [0.25, 0.3) is 6.08 Å². The first-order valence-corrected chi connectivity index (χ1v) is 4.92. The standard InChI is InChI=1S/C10H9BrN2/c11-5-1-2-8-3-4-10(13)6-9(8)7-12/h1-4,6H,5,13H2. The Balaban J connectivity index is 3.08. The molecule has 0 aromatic heterocycles. The number of nitriles is 1. The number of benzene rings is 1. The number of nitrogens with zero attached hydrogens (tertiary/aromatic N) is 1. The summed E-state index contributed by atoms with van der Waals surface area (Å²) in [7, 11) is 0. The fourth-order valence-corrected chi connectivity index (χ4v) is 1.17. The van der Waals surface area contributed by atoms with Gasteiger partial charge in [0, 0.05) is 11.0 Å². The molecule has 3 heteroatoms. The molecule has 1 aromatic rings. The summed E-state index contributed by atoms with van der Waals surface area (Å²) in [5.74, 6) is 0. The van der Waals surface area contributed by atoms with Crippen LogP contribution >= 0.6 is 15.9 Å². The molecule has 0 aliphatic carbocycles. The predicted octanol–water partition coefficient (Wildman–Crippen LogP) is 2.55. The molecule has 1 aromatic carbocycles. The van der Waals surface area contributed by atoms with E-state index in [-0.39, 0.29) is 0 Å². The van der Waals surface area contributed by atoms with Crippen LogP contribution in [-0.2, 0) is 0 Å². The Hall–Kier alpha value is -1.27. The summed E-state index contributed by atoms with van der Waals surface area (Å²) < 4.78 is 0. The Labute approximate surface area is 85.8 Å². The molecule has 0 amide bonds. The van der Waals surface area contributed by atoms with E-state index in [1.54, 1.807) is 12.1 Å². The highest BCUT2D eigenvalue weighted by Gasteiger charge is 1.97. The molecule has 1 rings (SSSR count). The van der Waals surface area contributed by atoms with Crippen LogP contribution in [0, 0.1) is 11.3 Å². The van der Waals surface area contributed by atoms with Crippen LogP contribution in [0.4, 0.5) is 5.69 Å². The molecule has 0 atom stereocenters. The van der Waals surface area contributed by atoms with Crippen molar-refractivity contribution in [3.63, 3.8) is 0 Å². The van der Waals surface area contributed by atoms with Crippen LogP contribution in [0.2, 0.25) is 0 Å². The van der Waals surface area contributed by atoms with E-state index in [0.29, 0.717) is 11.3 Å². The maximum Gasteiger partial charge on any atom is 0.0998 e. The molecular formula is C10H9BrN2. The van der Waals surface area contributed by atoms with Crippen molar-refractivity contribution in [2.24, 2.45) is 0 Å². The van der Waals surface area contributed by atoms with E-state index in [2.05, 4.69) is 22.0 Å². The molecule has 0 saturated carbocycles. The third-order valence-corrected chi connectivity index (χ3v) is 1.96. The minimum atomic E-state index is 0.609. The minimum absolute atomic E-state index is 0.609. The van der Waals surface area contributed by atoms with Crippen molar-refractivity contribution in [3.8, 4) is 6.07 Å². The first kappa shape index (κ1) is 9.82. The third kappa shape index (κ3) is 2.60. The molecule has 0 saturated heterocycles. The fourth-order valence-electron chi connectivity index (χ4n) is 0.988. The van der Waals surface area contributed by atoms with Crippen molar-refractivity contribution in [1.29, 1.82) is 5.26 Å². The van der Waals surface area contributed by atoms with Crippen LogP contribution in [0.15, 0.2) is 24.3 Å². The zero-order chi connectivity index (χ0) is 9.68. The SMILES string of the molecule is N#Cc1cc(N)ccc1C=CCBr. The van der Waals surface area contributed by atoms with Crippen molar-refractivity contribution in [1.82, 2.24) is 0 Å². The van der Waals surface area contributed by atoms with Gasteiger partial charge in [0.1, 0.15) is 0 Å². The Bertz CT molecular complexity index is 364. The summed E-state index contributed by atoms with van der Waals surface area (Å²) in [6.45, 7) is 0. The molecule has 0 fully saturated rings. The number of halogens is 1. The lowest BCUT2D eigenvalue weighted by molar-refractivity contribution is 1.47. The van der Waals surface area contributed by atoms with Gasteiger partial charge in [-0.3, -0.25) is 0 Å². The molecule has 0 heterocycles. The second-order valence-electron chi connectivity index (χ2n) is 2.52. The highest BCUT2D eigenvalue weighted by molar-refractivity contribution is 9.09. The fraction of sp³-hybridized carbons (Fsp3) is 0.100. The lowest BCUT2D eigenvalue weighted by Gasteiger charge is -1.98. The van der Waals surface area contributed by atoms with Gasteiger partial charge < -0.3 is 5.73 Å². The Morgan fingerprint density at radius 2 is 2.31 bits per heavy atom. The van der Waals surface area contributed by atoms with Crippen molar-refractivity contribution >= 4 is 27.7 Å². The summed E-state index contributed by atoms with van der Waals surface area (Å²) in [6.07, 6.45) is 3.83. The van der Waals surface area contributed by atoms with Crippen molar-refractivity contribution < 1.29 is 0 Å². The number of allylic oxidation sites excluding steroid dienone is 1. The van der Waals surface area contributed by atoms with Gasteiger partial charge in [-0.2, -0.15) is 5.26 Å². The van der Waals surface area contributed by atoms with Gasteiger partial charge in [-0.15, -0.1) is 0 Å². The largest absolute Gasteiger partial charge is 0.399 e. The maximum atomic E-state index is 8.79. The first-order chi connectivity index (χ1) is 6.27. The highest BCUT2D eigenvalue weighted by Crippen LogP contribution is 2.14. The molecule has 0 aliphatic heterocycles. The smallest absolute Gasteiger partial charge is 0.0998 e. The topological polar surface area (TPSA) is 49.8 Å². The molecule has 0 spiro atoms. The molecular weight excluding hydrogens is 228 g/mol. The van der Waals surface area contributed by atoms with E-state index in [9.17, 15) is 0 Å². The average molecular weight is 237 g/mol. The van der Waals surface area contributed by atoms with Gasteiger partial charge in [-0.1, -0.05) is 34.1 Å². The van der Waals surface area contributed by atoms with Crippen molar-refractivity contribution in [2.75, 3.05) is 11.1 Å². The minimum Gasteiger partial charge on any atom is -0.399 e. The summed E-state index contributed by atoms with van der Waals surface area (Å²) in [4.78, 5) is 0. The summed E-state index contributed by atoms with van der Waals surface area (Å²) in [5.41, 5.74) is 7.67. The molecule has 0 radical (unpaired) electrons. The van der Waals surface area contributed by atoms with Crippen LogP contribution in [0.3, 0.4) is 0 Å². The van der Waals surface area contributed by atoms with E-state index in [1.807, 2.05) is 18.2 Å². The van der Waals surface area contributed by atoms with Gasteiger partial charge in [0.2, 0.25) is 0 Å². The summed E-state index contributed by atoms with van der Waals surface area (Å²) >= 11 is 3.27. The Kier molecular flexibility index (Phi) is 3.53. The number of hydrogen-bond acceptors (Lipinski definition) is 2. The van der Waals surface area contributed by atoms with E-state index >= 15 is 0 Å². The maximum absolute atomic E-state index is 8.79.